The predicted molar refractivity (Wildman–Crippen MR) is 87.5 cm³/mol. The normalized spacial score (nSPS) is 15.6. The zero-order valence-electron chi connectivity index (χ0n) is 12.8. The molecule has 0 bridgehead atoms. The van der Waals surface area contributed by atoms with Crippen molar-refractivity contribution < 1.29 is 0 Å². The number of fused-ring (bicyclic) bond motifs is 1. The van der Waals surface area contributed by atoms with Gasteiger partial charge in [-0.25, -0.2) is 4.98 Å². The van der Waals surface area contributed by atoms with Crippen molar-refractivity contribution in [2.75, 3.05) is 18.0 Å². The Hall–Kier alpha value is -1.87. The zero-order valence-corrected chi connectivity index (χ0v) is 12.8. The van der Waals surface area contributed by atoms with E-state index >= 15 is 0 Å². The van der Waals surface area contributed by atoms with Gasteiger partial charge in [0.15, 0.2) is 0 Å². The lowest BCUT2D eigenvalue weighted by molar-refractivity contribution is 0.595. The van der Waals surface area contributed by atoms with Crippen molar-refractivity contribution in [1.29, 1.82) is 0 Å². The summed E-state index contributed by atoms with van der Waals surface area (Å²) in [5.41, 5.74) is 4.15. The minimum absolute atomic E-state index is 0.360. The average molecular weight is 281 g/mol. The van der Waals surface area contributed by atoms with Gasteiger partial charge in [-0.1, -0.05) is 37.3 Å². The number of benzene rings is 1. The molecule has 1 aromatic heterocycles. The van der Waals surface area contributed by atoms with Crippen LogP contribution in [0.25, 0.3) is 0 Å². The Morgan fingerprint density at radius 3 is 2.71 bits per heavy atom. The van der Waals surface area contributed by atoms with Gasteiger partial charge in [0.1, 0.15) is 5.82 Å². The third-order valence-electron chi connectivity index (χ3n) is 4.24. The van der Waals surface area contributed by atoms with E-state index in [0.717, 1.165) is 31.9 Å². The SMILES string of the molecule is CCNC(C)c1ccc(N2CCc3ccccc3C2)nc1. The van der Waals surface area contributed by atoms with E-state index in [4.69, 9.17) is 0 Å². The molecule has 110 valence electrons. The summed E-state index contributed by atoms with van der Waals surface area (Å²) < 4.78 is 0. The van der Waals surface area contributed by atoms with Gasteiger partial charge in [-0.2, -0.15) is 0 Å². The van der Waals surface area contributed by atoms with Crippen LogP contribution in [0.3, 0.4) is 0 Å². The van der Waals surface area contributed by atoms with Crippen LogP contribution in [0.2, 0.25) is 0 Å². The fourth-order valence-corrected chi connectivity index (χ4v) is 2.96. The summed E-state index contributed by atoms with van der Waals surface area (Å²) in [7, 11) is 0. The van der Waals surface area contributed by atoms with Crippen LogP contribution in [0, 0.1) is 0 Å². The van der Waals surface area contributed by atoms with Crippen LogP contribution < -0.4 is 10.2 Å². The van der Waals surface area contributed by atoms with Crippen LogP contribution in [0.5, 0.6) is 0 Å². The summed E-state index contributed by atoms with van der Waals surface area (Å²) in [6.07, 6.45) is 3.11. The van der Waals surface area contributed by atoms with Crippen molar-refractivity contribution in [3.8, 4) is 0 Å². The first-order valence-corrected chi connectivity index (χ1v) is 7.79. The maximum Gasteiger partial charge on any atom is 0.128 e. The number of hydrogen-bond donors (Lipinski definition) is 1. The molecule has 1 aliphatic rings. The molecule has 21 heavy (non-hydrogen) atoms. The van der Waals surface area contributed by atoms with Crippen molar-refractivity contribution in [2.45, 2.75) is 32.9 Å². The number of nitrogens with one attached hydrogen (secondary N) is 1. The molecule has 2 aromatic rings. The minimum Gasteiger partial charge on any atom is -0.352 e. The molecule has 1 N–H and O–H groups in total. The number of hydrogen-bond acceptors (Lipinski definition) is 3. The molecule has 2 heterocycles. The van der Waals surface area contributed by atoms with Gasteiger partial charge in [-0.05, 0) is 42.6 Å². The van der Waals surface area contributed by atoms with Crippen LogP contribution in [-0.2, 0) is 13.0 Å². The fourth-order valence-electron chi connectivity index (χ4n) is 2.96. The van der Waals surface area contributed by atoms with Gasteiger partial charge in [-0.15, -0.1) is 0 Å². The summed E-state index contributed by atoms with van der Waals surface area (Å²) in [5, 5.41) is 3.42. The summed E-state index contributed by atoms with van der Waals surface area (Å²) in [6, 6.07) is 13.4. The summed E-state index contributed by atoms with van der Waals surface area (Å²) >= 11 is 0. The maximum atomic E-state index is 4.66. The van der Waals surface area contributed by atoms with E-state index in [1.54, 1.807) is 0 Å². The first kappa shape index (κ1) is 14.1. The van der Waals surface area contributed by atoms with Crippen LogP contribution in [-0.4, -0.2) is 18.1 Å². The quantitative estimate of drug-likeness (QED) is 0.932. The fraction of sp³-hybridized carbons (Fsp3) is 0.389. The van der Waals surface area contributed by atoms with Crippen LogP contribution in [0.15, 0.2) is 42.6 Å². The molecular weight excluding hydrogens is 258 g/mol. The Morgan fingerprint density at radius 1 is 1.19 bits per heavy atom. The molecule has 0 radical (unpaired) electrons. The molecule has 0 saturated carbocycles. The van der Waals surface area contributed by atoms with E-state index in [1.165, 1.54) is 16.7 Å². The number of anilines is 1. The molecule has 3 rings (SSSR count). The zero-order chi connectivity index (χ0) is 14.7. The maximum absolute atomic E-state index is 4.66. The molecular formula is C18H23N3. The number of pyridine rings is 1. The first-order valence-electron chi connectivity index (χ1n) is 7.79. The average Bonchev–Trinajstić information content (AvgIpc) is 2.55. The Bertz CT molecular complexity index is 592. The van der Waals surface area contributed by atoms with Gasteiger partial charge in [0.2, 0.25) is 0 Å². The lowest BCUT2D eigenvalue weighted by Gasteiger charge is -2.30. The Morgan fingerprint density at radius 2 is 2.00 bits per heavy atom. The molecule has 0 fully saturated rings. The monoisotopic (exact) mass is 281 g/mol. The Kier molecular flexibility index (Phi) is 4.20. The van der Waals surface area contributed by atoms with Crippen molar-refractivity contribution in [3.05, 3.63) is 59.3 Å². The van der Waals surface area contributed by atoms with Gasteiger partial charge in [0.25, 0.3) is 0 Å². The van der Waals surface area contributed by atoms with E-state index in [0.29, 0.717) is 6.04 Å². The second kappa shape index (κ2) is 6.27. The highest BCUT2D eigenvalue weighted by Crippen LogP contribution is 2.23. The lowest BCUT2D eigenvalue weighted by atomic mass is 10.00. The van der Waals surface area contributed by atoms with Gasteiger partial charge < -0.3 is 10.2 Å². The summed E-state index contributed by atoms with van der Waals surface area (Å²) in [4.78, 5) is 7.03. The molecule has 1 unspecified atom stereocenters. The first-order chi connectivity index (χ1) is 10.3. The van der Waals surface area contributed by atoms with E-state index < -0.39 is 0 Å². The molecule has 1 aromatic carbocycles. The number of nitrogens with zero attached hydrogens (tertiary/aromatic N) is 2. The molecule has 0 aliphatic carbocycles. The van der Waals surface area contributed by atoms with E-state index in [-0.39, 0.29) is 0 Å². The van der Waals surface area contributed by atoms with Crippen LogP contribution in [0.4, 0.5) is 5.82 Å². The number of aromatic nitrogens is 1. The van der Waals surface area contributed by atoms with Crippen LogP contribution >= 0.6 is 0 Å². The van der Waals surface area contributed by atoms with E-state index in [2.05, 4.69) is 65.4 Å². The van der Waals surface area contributed by atoms with E-state index in [9.17, 15) is 0 Å². The third-order valence-corrected chi connectivity index (χ3v) is 4.24. The summed E-state index contributed by atoms with van der Waals surface area (Å²) in [5.74, 6) is 1.08. The van der Waals surface area contributed by atoms with Crippen LogP contribution in [0.1, 0.15) is 36.6 Å². The Labute approximate surface area is 127 Å². The molecule has 1 atom stereocenters. The molecule has 0 saturated heterocycles. The minimum atomic E-state index is 0.360. The largest absolute Gasteiger partial charge is 0.352 e. The van der Waals surface area contributed by atoms with Gasteiger partial charge in [0, 0.05) is 25.3 Å². The second-order valence-corrected chi connectivity index (χ2v) is 5.67. The highest BCUT2D eigenvalue weighted by molar-refractivity contribution is 5.44. The topological polar surface area (TPSA) is 28.2 Å². The van der Waals surface area contributed by atoms with Gasteiger partial charge >= 0.3 is 0 Å². The van der Waals surface area contributed by atoms with Crippen molar-refractivity contribution in [1.82, 2.24) is 10.3 Å². The molecule has 1 aliphatic heterocycles. The lowest BCUT2D eigenvalue weighted by Crippen LogP contribution is -2.31. The highest BCUT2D eigenvalue weighted by atomic mass is 15.2. The third kappa shape index (κ3) is 3.08. The van der Waals surface area contributed by atoms with Crippen molar-refractivity contribution in [3.63, 3.8) is 0 Å². The molecule has 0 spiro atoms. The Balaban J connectivity index is 1.74. The van der Waals surface area contributed by atoms with Gasteiger partial charge in [0.05, 0.1) is 0 Å². The number of rotatable bonds is 4. The molecule has 3 heteroatoms. The highest BCUT2D eigenvalue weighted by Gasteiger charge is 2.17. The predicted octanol–water partition coefficient (Wildman–Crippen LogP) is 3.31. The summed E-state index contributed by atoms with van der Waals surface area (Å²) in [6.45, 7) is 7.30. The van der Waals surface area contributed by atoms with Gasteiger partial charge in [-0.3, -0.25) is 0 Å². The van der Waals surface area contributed by atoms with E-state index in [1.807, 2.05) is 6.20 Å². The van der Waals surface area contributed by atoms with Crippen molar-refractivity contribution in [2.24, 2.45) is 0 Å². The standard InChI is InChI=1S/C18H23N3/c1-3-19-14(2)16-8-9-18(20-12-16)21-11-10-15-6-4-5-7-17(15)13-21/h4-9,12,14,19H,3,10-11,13H2,1-2H3. The smallest absolute Gasteiger partial charge is 0.128 e. The second-order valence-electron chi connectivity index (χ2n) is 5.67. The van der Waals surface area contributed by atoms with Crippen molar-refractivity contribution >= 4 is 5.82 Å². The molecule has 3 nitrogen and oxygen atoms in total. The molecule has 0 amide bonds.